The summed E-state index contributed by atoms with van der Waals surface area (Å²) in [6, 6.07) is 14.3. The van der Waals surface area contributed by atoms with Crippen molar-refractivity contribution < 1.29 is 14.7 Å². The Kier molecular flexibility index (Phi) is 5.46. The molecule has 1 saturated heterocycles. The van der Waals surface area contributed by atoms with Crippen molar-refractivity contribution in [2.75, 3.05) is 7.05 Å². The quantitative estimate of drug-likeness (QED) is 0.763. The summed E-state index contributed by atoms with van der Waals surface area (Å²) in [6.45, 7) is 4.27. The molecule has 0 bridgehead atoms. The number of amides is 1. The number of benzene rings is 2. The van der Waals surface area contributed by atoms with Crippen molar-refractivity contribution in [3.05, 3.63) is 70.1 Å². The van der Waals surface area contributed by atoms with Crippen LogP contribution in [-0.4, -0.2) is 29.0 Å². The third kappa shape index (κ3) is 4.28. The number of carbonyl (C=O) groups is 2. The third-order valence-electron chi connectivity index (χ3n) is 4.21. The minimum absolute atomic E-state index is 0.0508. The molecule has 0 atom stereocenters. The summed E-state index contributed by atoms with van der Waals surface area (Å²) in [6.07, 6.45) is 1.84. The smallest absolute Gasteiger partial charge is 0.266 e. The van der Waals surface area contributed by atoms with Gasteiger partial charge in [-0.15, -0.1) is 0 Å². The number of likely N-dealkylation sites (N-methyl/N-ethyl adjacent to an activating group) is 1. The zero-order chi connectivity index (χ0) is 19.6. The van der Waals surface area contributed by atoms with Crippen LogP contribution in [0, 0.1) is 0 Å². The highest BCUT2D eigenvalue weighted by molar-refractivity contribution is 8.18. The number of thioether (sulfide) groups is 1. The number of rotatable bonds is 4. The maximum Gasteiger partial charge on any atom is 0.266 e. The summed E-state index contributed by atoms with van der Waals surface area (Å²) in [5.74, 6) is -0.940. The lowest BCUT2D eigenvalue weighted by Crippen LogP contribution is -2.23. The fourth-order valence-corrected chi connectivity index (χ4v) is 3.58. The lowest BCUT2D eigenvalue weighted by Gasteiger charge is -2.08. The molecule has 6 heteroatoms. The topological polar surface area (TPSA) is 72.8 Å². The van der Waals surface area contributed by atoms with Crippen molar-refractivity contribution in [3.8, 4) is 0 Å². The second-order valence-electron chi connectivity index (χ2n) is 6.53. The molecule has 2 aromatic carbocycles. The second kappa shape index (κ2) is 7.80. The van der Waals surface area contributed by atoms with Crippen LogP contribution in [0.3, 0.4) is 0 Å². The van der Waals surface area contributed by atoms with Gasteiger partial charge in [-0.25, -0.2) is 4.99 Å². The summed E-state index contributed by atoms with van der Waals surface area (Å²) in [5.41, 5.74) is 2.70. The van der Waals surface area contributed by atoms with Gasteiger partial charge in [-0.3, -0.25) is 9.69 Å². The molecule has 0 aliphatic carbocycles. The first kappa shape index (κ1) is 18.9. The Bertz CT molecular complexity index is 946. The number of hydrogen-bond acceptors (Lipinski definition) is 5. The van der Waals surface area contributed by atoms with E-state index in [2.05, 4.69) is 31.0 Å². The lowest BCUT2D eigenvalue weighted by molar-refractivity contribution is -0.255. The van der Waals surface area contributed by atoms with Crippen molar-refractivity contribution in [1.82, 2.24) is 4.90 Å². The molecule has 1 aliphatic heterocycles. The van der Waals surface area contributed by atoms with Gasteiger partial charge in [0.1, 0.15) is 0 Å². The first-order chi connectivity index (χ1) is 12.8. The molecule has 3 rings (SSSR count). The second-order valence-corrected chi connectivity index (χ2v) is 7.54. The molecule has 0 saturated carbocycles. The van der Waals surface area contributed by atoms with E-state index in [0.29, 0.717) is 21.7 Å². The summed E-state index contributed by atoms with van der Waals surface area (Å²) in [5, 5.41) is 11.5. The minimum Gasteiger partial charge on any atom is -0.545 e. The van der Waals surface area contributed by atoms with Gasteiger partial charge >= 0.3 is 0 Å². The van der Waals surface area contributed by atoms with Gasteiger partial charge in [0.25, 0.3) is 5.91 Å². The van der Waals surface area contributed by atoms with Gasteiger partial charge in [0.2, 0.25) is 0 Å². The highest BCUT2D eigenvalue weighted by Crippen LogP contribution is 2.33. The summed E-state index contributed by atoms with van der Waals surface area (Å²) >= 11 is 1.27. The number of aliphatic imine (C=N–C) groups is 1. The number of amidine groups is 1. The van der Waals surface area contributed by atoms with Crippen LogP contribution in [0.2, 0.25) is 0 Å². The van der Waals surface area contributed by atoms with E-state index in [9.17, 15) is 14.7 Å². The average molecular weight is 379 g/mol. The van der Waals surface area contributed by atoms with Gasteiger partial charge < -0.3 is 9.90 Å². The number of aromatic carboxylic acids is 1. The van der Waals surface area contributed by atoms with Crippen molar-refractivity contribution in [2.24, 2.45) is 4.99 Å². The summed E-state index contributed by atoms with van der Waals surface area (Å²) in [4.78, 5) is 30.0. The van der Waals surface area contributed by atoms with Crippen LogP contribution in [0.5, 0.6) is 0 Å². The Morgan fingerprint density at radius 2 is 1.89 bits per heavy atom. The average Bonchev–Trinajstić information content (AvgIpc) is 2.90. The number of hydrogen-bond donors (Lipinski definition) is 0. The molecule has 1 fully saturated rings. The molecule has 1 aliphatic rings. The molecule has 1 amide bonds. The van der Waals surface area contributed by atoms with Crippen LogP contribution in [0.15, 0.2) is 58.4 Å². The maximum absolute atomic E-state index is 12.5. The van der Waals surface area contributed by atoms with Crippen LogP contribution >= 0.6 is 11.8 Å². The molecule has 0 unspecified atom stereocenters. The first-order valence-corrected chi connectivity index (χ1v) is 9.34. The molecule has 27 heavy (non-hydrogen) atoms. The monoisotopic (exact) mass is 379 g/mol. The van der Waals surface area contributed by atoms with E-state index in [0.717, 1.165) is 5.56 Å². The Balaban J connectivity index is 1.86. The summed E-state index contributed by atoms with van der Waals surface area (Å²) in [7, 11) is 1.65. The highest BCUT2D eigenvalue weighted by Gasteiger charge is 2.30. The SMILES string of the molecule is CC(C)c1ccc(/C=C2\SC(=Nc3cccc(C(=O)[O-])c3)N(C)C2=O)cc1. The van der Waals surface area contributed by atoms with Crippen molar-refractivity contribution in [3.63, 3.8) is 0 Å². The van der Waals surface area contributed by atoms with Crippen LogP contribution in [0.4, 0.5) is 5.69 Å². The molecule has 0 radical (unpaired) electrons. The predicted octanol–water partition coefficient (Wildman–Crippen LogP) is 3.41. The first-order valence-electron chi connectivity index (χ1n) is 8.53. The van der Waals surface area contributed by atoms with E-state index >= 15 is 0 Å². The minimum atomic E-state index is -1.26. The highest BCUT2D eigenvalue weighted by atomic mass is 32.2. The largest absolute Gasteiger partial charge is 0.545 e. The zero-order valence-electron chi connectivity index (χ0n) is 15.3. The Labute approximate surface area is 162 Å². The maximum atomic E-state index is 12.5. The van der Waals surface area contributed by atoms with Crippen molar-refractivity contribution >= 4 is 40.6 Å². The van der Waals surface area contributed by atoms with Gasteiger partial charge in [-0.2, -0.15) is 0 Å². The predicted molar refractivity (Wildman–Crippen MR) is 107 cm³/mol. The molecule has 138 valence electrons. The van der Waals surface area contributed by atoms with Crippen molar-refractivity contribution in [2.45, 2.75) is 19.8 Å². The Morgan fingerprint density at radius 3 is 2.52 bits per heavy atom. The van der Waals surface area contributed by atoms with Crippen molar-refractivity contribution in [1.29, 1.82) is 0 Å². The van der Waals surface area contributed by atoms with Gasteiger partial charge in [-0.1, -0.05) is 50.2 Å². The zero-order valence-corrected chi connectivity index (χ0v) is 16.1. The molecule has 0 spiro atoms. The molecule has 1 heterocycles. The number of carboxylic acid groups (broad SMARTS) is 1. The summed E-state index contributed by atoms with van der Waals surface area (Å²) < 4.78 is 0. The van der Waals surface area contributed by atoms with E-state index in [1.807, 2.05) is 18.2 Å². The normalized spacial score (nSPS) is 17.3. The van der Waals surface area contributed by atoms with E-state index in [1.54, 1.807) is 19.2 Å². The lowest BCUT2D eigenvalue weighted by atomic mass is 10.0. The number of nitrogens with zero attached hydrogens (tertiary/aromatic N) is 2. The van der Waals surface area contributed by atoms with Gasteiger partial charge in [-0.05, 0) is 52.6 Å². The van der Waals surface area contributed by atoms with Gasteiger partial charge in [0.05, 0.1) is 16.6 Å². The Hall–Kier alpha value is -2.86. The van der Waals surface area contributed by atoms with Crippen LogP contribution in [0.1, 0.15) is 41.3 Å². The molecule has 2 aromatic rings. The number of carbonyl (C=O) groups excluding carboxylic acids is 2. The van der Waals surface area contributed by atoms with E-state index in [-0.39, 0.29) is 11.5 Å². The molecular formula is C21H19N2O3S-. The fraction of sp³-hybridized carbons (Fsp3) is 0.190. The molecular weight excluding hydrogens is 360 g/mol. The van der Waals surface area contributed by atoms with Gasteiger partial charge in [0.15, 0.2) is 5.17 Å². The number of carboxylic acids is 1. The van der Waals surface area contributed by atoms with Crippen LogP contribution < -0.4 is 5.11 Å². The fourth-order valence-electron chi connectivity index (χ4n) is 2.59. The molecule has 0 aromatic heterocycles. The third-order valence-corrected chi connectivity index (χ3v) is 5.27. The Morgan fingerprint density at radius 1 is 1.19 bits per heavy atom. The standard InChI is InChI=1S/C21H20N2O3S/c1-13(2)15-9-7-14(8-10-15)11-18-19(24)23(3)21(27-18)22-17-6-4-5-16(12-17)20(25)26/h4-13H,1-3H3,(H,25,26)/p-1/b18-11-,22-21?. The van der Waals surface area contributed by atoms with E-state index in [1.165, 1.54) is 34.4 Å². The van der Waals surface area contributed by atoms with Crippen LogP contribution in [0.25, 0.3) is 6.08 Å². The molecule has 5 nitrogen and oxygen atoms in total. The van der Waals surface area contributed by atoms with Gasteiger partial charge in [0, 0.05) is 7.05 Å². The van der Waals surface area contributed by atoms with E-state index in [4.69, 9.17) is 0 Å². The van der Waals surface area contributed by atoms with E-state index < -0.39 is 5.97 Å². The molecule has 0 N–H and O–H groups in total. The van der Waals surface area contributed by atoms with Crippen LogP contribution in [-0.2, 0) is 4.79 Å².